The second kappa shape index (κ2) is 5.53. The Morgan fingerprint density at radius 2 is 2.07 bits per heavy atom. The van der Waals surface area contributed by atoms with Crippen molar-refractivity contribution in [3.05, 3.63) is 84.0 Å². The van der Waals surface area contributed by atoms with Crippen LogP contribution in [0.5, 0.6) is 0 Å². The van der Waals surface area contributed by atoms with Gasteiger partial charge in [0.2, 0.25) is 5.89 Å². The number of carbonyl (C=O) groups is 1. The van der Waals surface area contributed by atoms with Gasteiger partial charge in [-0.1, -0.05) is 18.2 Å². The molecule has 4 aromatic heterocycles. The Morgan fingerprint density at radius 1 is 1.18 bits per heavy atom. The Labute approximate surface area is 158 Å². The smallest absolute Gasteiger partial charge is 0.259 e. The molecule has 0 saturated carbocycles. The fourth-order valence-electron chi connectivity index (χ4n) is 3.80. The van der Waals surface area contributed by atoms with Gasteiger partial charge in [0.25, 0.3) is 5.91 Å². The molecule has 8 heteroatoms. The fourth-order valence-corrected chi connectivity index (χ4v) is 3.80. The molecule has 0 fully saturated rings. The zero-order chi connectivity index (χ0) is 18.7. The van der Waals surface area contributed by atoms with E-state index >= 15 is 0 Å². The summed E-state index contributed by atoms with van der Waals surface area (Å²) in [5, 5.41) is 4.29. The van der Waals surface area contributed by atoms with Crippen LogP contribution in [-0.4, -0.2) is 35.4 Å². The van der Waals surface area contributed by atoms with E-state index in [9.17, 15) is 4.79 Å². The van der Waals surface area contributed by atoms with Gasteiger partial charge in [-0.3, -0.25) is 4.79 Å². The van der Waals surface area contributed by atoms with Gasteiger partial charge in [-0.25, -0.2) is 14.5 Å². The van der Waals surface area contributed by atoms with Gasteiger partial charge in [-0.05, 0) is 24.3 Å². The van der Waals surface area contributed by atoms with Crippen LogP contribution in [0.1, 0.15) is 33.7 Å². The molecular weight excluding hydrogens is 356 g/mol. The van der Waals surface area contributed by atoms with Crippen molar-refractivity contribution in [3.8, 4) is 0 Å². The maximum Gasteiger partial charge on any atom is 0.259 e. The summed E-state index contributed by atoms with van der Waals surface area (Å²) in [4.78, 5) is 27.3. The number of hydrogen-bond donors (Lipinski definition) is 1. The number of para-hydroxylation sites is 2. The second-order valence-corrected chi connectivity index (χ2v) is 6.71. The molecule has 0 saturated heterocycles. The number of fused-ring (bicyclic) bond motifs is 3. The molecule has 1 N–H and O–H groups in total. The topological polar surface area (TPSA) is 92.3 Å². The van der Waals surface area contributed by atoms with Gasteiger partial charge in [0.1, 0.15) is 5.52 Å². The van der Waals surface area contributed by atoms with Gasteiger partial charge < -0.3 is 14.3 Å². The van der Waals surface area contributed by atoms with Crippen molar-refractivity contribution in [2.24, 2.45) is 0 Å². The molecular formula is C20H14N6O2. The molecule has 6 rings (SSSR count). The highest BCUT2D eigenvalue weighted by Crippen LogP contribution is 2.38. The highest BCUT2D eigenvalue weighted by atomic mass is 16.4. The third-order valence-electron chi connectivity index (χ3n) is 5.11. The number of amides is 1. The molecule has 28 heavy (non-hydrogen) atoms. The lowest BCUT2D eigenvalue weighted by Crippen LogP contribution is -2.30. The molecule has 0 unspecified atom stereocenters. The highest BCUT2D eigenvalue weighted by Gasteiger charge is 2.41. The van der Waals surface area contributed by atoms with Crippen LogP contribution in [0.2, 0.25) is 0 Å². The third kappa shape index (κ3) is 2.05. The lowest BCUT2D eigenvalue weighted by molar-refractivity contribution is 0.0698. The van der Waals surface area contributed by atoms with Crippen molar-refractivity contribution >= 4 is 22.5 Å². The van der Waals surface area contributed by atoms with Gasteiger partial charge in [-0.15, -0.1) is 0 Å². The molecule has 0 radical (unpaired) electrons. The Bertz CT molecular complexity index is 1310. The molecule has 136 valence electrons. The van der Waals surface area contributed by atoms with E-state index in [4.69, 9.17) is 4.42 Å². The first-order valence-corrected chi connectivity index (χ1v) is 8.90. The number of aromatic nitrogens is 5. The number of carbonyl (C=O) groups excluding carboxylic acids is 1. The lowest BCUT2D eigenvalue weighted by atomic mass is 10.2. The van der Waals surface area contributed by atoms with Crippen molar-refractivity contribution in [2.45, 2.75) is 12.6 Å². The Hall–Kier alpha value is -3.94. The summed E-state index contributed by atoms with van der Waals surface area (Å²) in [6, 6.07) is 12.7. The summed E-state index contributed by atoms with van der Waals surface area (Å²) in [5.74, 6) is 0.316. The zero-order valence-electron chi connectivity index (χ0n) is 14.6. The number of hydrogen-bond acceptors (Lipinski definition) is 5. The van der Waals surface area contributed by atoms with Gasteiger partial charge in [0.15, 0.2) is 11.6 Å². The Balaban J connectivity index is 1.48. The number of nitrogens with one attached hydrogen (secondary N) is 1. The highest BCUT2D eigenvalue weighted by molar-refractivity contribution is 6.01. The summed E-state index contributed by atoms with van der Waals surface area (Å²) in [6.45, 7) is 0.404. The van der Waals surface area contributed by atoms with E-state index in [2.05, 4.69) is 20.1 Å². The number of aromatic amines is 1. The minimum absolute atomic E-state index is 0.139. The normalized spacial score (nSPS) is 16.1. The van der Waals surface area contributed by atoms with Crippen LogP contribution in [-0.2, 0) is 6.54 Å². The Kier molecular flexibility index (Phi) is 2.99. The van der Waals surface area contributed by atoms with Crippen LogP contribution in [0.25, 0.3) is 16.6 Å². The number of rotatable bonds is 2. The molecule has 1 aromatic carbocycles. The molecule has 0 spiro atoms. The fraction of sp³-hybridized carbons (Fsp3) is 0.100. The molecule has 5 aromatic rings. The quantitative estimate of drug-likeness (QED) is 0.516. The maximum absolute atomic E-state index is 13.4. The Morgan fingerprint density at radius 3 is 3.00 bits per heavy atom. The summed E-state index contributed by atoms with van der Waals surface area (Å²) in [6.07, 6.45) is 5.05. The van der Waals surface area contributed by atoms with Crippen LogP contribution in [0, 0.1) is 0 Å². The molecule has 1 amide bonds. The summed E-state index contributed by atoms with van der Waals surface area (Å²) in [5.41, 5.74) is 4.38. The molecule has 1 atom stereocenters. The van der Waals surface area contributed by atoms with E-state index in [1.807, 2.05) is 48.7 Å². The van der Waals surface area contributed by atoms with Crippen LogP contribution in [0.3, 0.4) is 0 Å². The first-order valence-electron chi connectivity index (χ1n) is 8.90. The molecule has 0 bridgehead atoms. The molecule has 0 aliphatic carbocycles. The number of benzene rings is 1. The van der Waals surface area contributed by atoms with Crippen LogP contribution >= 0.6 is 0 Å². The van der Waals surface area contributed by atoms with Crippen LogP contribution in [0.15, 0.2) is 65.6 Å². The van der Waals surface area contributed by atoms with Gasteiger partial charge in [0, 0.05) is 6.20 Å². The molecule has 8 nitrogen and oxygen atoms in total. The molecule has 1 aliphatic heterocycles. The average molecular weight is 370 g/mol. The van der Waals surface area contributed by atoms with E-state index < -0.39 is 6.04 Å². The zero-order valence-corrected chi connectivity index (χ0v) is 14.6. The lowest BCUT2D eigenvalue weighted by Gasteiger charge is -2.21. The van der Waals surface area contributed by atoms with Gasteiger partial charge >= 0.3 is 0 Å². The predicted octanol–water partition coefficient (Wildman–Crippen LogP) is 2.94. The van der Waals surface area contributed by atoms with Crippen molar-refractivity contribution < 1.29 is 9.21 Å². The van der Waals surface area contributed by atoms with E-state index in [0.29, 0.717) is 23.6 Å². The standard InChI is InChI=1S/C20H14N6O2/c27-20(12-9-23-26-8-4-3-6-15(12)26)25-10-14-17(22-11-21-14)18(25)19-24-13-5-1-2-7-16(13)28-19/h1-9,11,18H,10H2,(H,21,22)/t18-/m1/s1. The first-order chi connectivity index (χ1) is 13.8. The minimum atomic E-state index is -0.486. The largest absolute Gasteiger partial charge is 0.438 e. The molecule has 1 aliphatic rings. The number of pyridine rings is 1. The van der Waals surface area contributed by atoms with Crippen molar-refractivity contribution in [1.82, 2.24) is 29.5 Å². The van der Waals surface area contributed by atoms with E-state index in [0.717, 1.165) is 22.4 Å². The van der Waals surface area contributed by atoms with Crippen LogP contribution in [0.4, 0.5) is 0 Å². The molecule has 5 heterocycles. The monoisotopic (exact) mass is 370 g/mol. The average Bonchev–Trinajstić information content (AvgIpc) is 3.47. The van der Waals surface area contributed by atoms with Crippen LogP contribution < -0.4 is 0 Å². The van der Waals surface area contributed by atoms with Crippen molar-refractivity contribution in [3.63, 3.8) is 0 Å². The van der Waals surface area contributed by atoms with Gasteiger partial charge in [0.05, 0.1) is 41.5 Å². The van der Waals surface area contributed by atoms with Crippen molar-refractivity contribution in [1.29, 1.82) is 0 Å². The van der Waals surface area contributed by atoms with Crippen molar-refractivity contribution in [2.75, 3.05) is 0 Å². The van der Waals surface area contributed by atoms with E-state index in [-0.39, 0.29) is 5.91 Å². The predicted molar refractivity (Wildman–Crippen MR) is 99.5 cm³/mol. The third-order valence-corrected chi connectivity index (χ3v) is 5.11. The first kappa shape index (κ1) is 15.2. The minimum Gasteiger partial charge on any atom is -0.438 e. The van der Waals surface area contributed by atoms with E-state index in [1.54, 1.807) is 21.9 Å². The maximum atomic E-state index is 13.4. The van der Waals surface area contributed by atoms with E-state index in [1.165, 1.54) is 0 Å². The SMILES string of the molecule is O=C(c1cnn2ccccc12)N1Cc2[nH]cnc2[C@@H]1c1nc2ccccc2o1. The summed E-state index contributed by atoms with van der Waals surface area (Å²) < 4.78 is 7.67. The van der Waals surface area contributed by atoms with Gasteiger partial charge in [-0.2, -0.15) is 5.10 Å². The number of H-pyrrole nitrogens is 1. The summed E-state index contributed by atoms with van der Waals surface area (Å²) >= 11 is 0. The number of oxazole rings is 1. The number of imidazole rings is 1. The second-order valence-electron chi connectivity index (χ2n) is 6.71. The summed E-state index contributed by atoms with van der Waals surface area (Å²) in [7, 11) is 0. The number of nitrogens with zero attached hydrogens (tertiary/aromatic N) is 5.